The second-order valence-corrected chi connectivity index (χ2v) is 2.02. The first-order chi connectivity index (χ1) is 4.31. The highest BCUT2D eigenvalue weighted by molar-refractivity contribution is 5.38. The van der Waals surface area contributed by atoms with Gasteiger partial charge in [-0.3, -0.25) is 0 Å². The molecule has 0 aromatic carbocycles. The van der Waals surface area contributed by atoms with Gasteiger partial charge in [0.1, 0.15) is 0 Å². The molecule has 0 bridgehead atoms. The maximum absolute atomic E-state index is 9.54. The zero-order valence-electron chi connectivity index (χ0n) is 5.59. The van der Waals surface area contributed by atoms with Gasteiger partial charge in [-0.2, -0.15) is 0 Å². The lowest BCUT2D eigenvalue weighted by atomic mass is 10.1. The number of allylic oxidation sites excluding steroid dienone is 1. The highest BCUT2D eigenvalue weighted by Gasteiger charge is 1.97. The van der Waals surface area contributed by atoms with Crippen LogP contribution < -0.4 is 0 Å². The lowest BCUT2D eigenvalue weighted by Gasteiger charge is -2.03. The highest BCUT2D eigenvalue weighted by Crippen LogP contribution is 2.00. The van der Waals surface area contributed by atoms with Gasteiger partial charge >= 0.3 is 6.47 Å². The molecule has 0 heterocycles. The smallest absolute Gasteiger partial charge is 0.417 e. The third-order valence-electron chi connectivity index (χ3n) is 0.996. The summed E-state index contributed by atoms with van der Waals surface area (Å²) in [7, 11) is 0. The average Bonchev–Trinajstić information content (AvgIpc) is 1.85. The van der Waals surface area contributed by atoms with Gasteiger partial charge in [-0.25, -0.2) is 4.79 Å². The minimum atomic E-state index is 0.365. The van der Waals surface area contributed by atoms with E-state index in [-0.39, 0.29) is 0 Å². The summed E-state index contributed by atoms with van der Waals surface area (Å²) in [5.41, 5.74) is 0. The van der Waals surface area contributed by atoms with Gasteiger partial charge in [0, 0.05) is 0 Å². The molecule has 9 heavy (non-hydrogen) atoms. The third kappa shape index (κ3) is 5.07. The van der Waals surface area contributed by atoms with E-state index >= 15 is 0 Å². The van der Waals surface area contributed by atoms with E-state index in [0.29, 0.717) is 12.5 Å². The molecule has 0 aromatic rings. The fraction of sp³-hybridized carbons (Fsp3) is 0.571. The molecule has 0 aliphatic heterocycles. The normalized spacial score (nSPS) is 12.1. The standard InChI is InChI=1S/C7H11O2/c1-3-4-7(2)5-9-6-8/h3,7H,1,4-5H2,2H3. The van der Waals surface area contributed by atoms with Crippen LogP contribution in [0.15, 0.2) is 12.7 Å². The van der Waals surface area contributed by atoms with Crippen LogP contribution in [-0.4, -0.2) is 13.1 Å². The lowest BCUT2D eigenvalue weighted by Crippen LogP contribution is -2.02. The van der Waals surface area contributed by atoms with Gasteiger partial charge in [0.25, 0.3) is 0 Å². The molecule has 0 rings (SSSR count). The van der Waals surface area contributed by atoms with E-state index in [1.54, 1.807) is 6.08 Å². The molecule has 0 aliphatic rings. The Hall–Kier alpha value is -0.790. The molecule has 0 amide bonds. The summed E-state index contributed by atoms with van der Waals surface area (Å²) in [4.78, 5) is 9.54. The Morgan fingerprint density at radius 1 is 1.89 bits per heavy atom. The number of rotatable bonds is 5. The lowest BCUT2D eigenvalue weighted by molar-refractivity contribution is 0.232. The van der Waals surface area contributed by atoms with Crippen molar-refractivity contribution in [1.29, 1.82) is 0 Å². The van der Waals surface area contributed by atoms with Gasteiger partial charge in [-0.1, -0.05) is 13.0 Å². The van der Waals surface area contributed by atoms with Gasteiger partial charge in [0.2, 0.25) is 0 Å². The Morgan fingerprint density at radius 2 is 2.56 bits per heavy atom. The molecule has 0 fully saturated rings. The Kier molecular flexibility index (Phi) is 4.88. The van der Waals surface area contributed by atoms with Crippen LogP contribution in [0, 0.1) is 5.92 Å². The van der Waals surface area contributed by atoms with Crippen LogP contribution in [0.5, 0.6) is 0 Å². The maximum Gasteiger partial charge on any atom is 0.417 e. The van der Waals surface area contributed by atoms with Crippen molar-refractivity contribution in [3.63, 3.8) is 0 Å². The summed E-state index contributed by atoms with van der Waals surface area (Å²) >= 11 is 0. The monoisotopic (exact) mass is 127 g/mol. The van der Waals surface area contributed by atoms with Crippen molar-refractivity contribution in [2.24, 2.45) is 5.92 Å². The van der Waals surface area contributed by atoms with Crippen molar-refractivity contribution >= 4 is 6.47 Å². The maximum atomic E-state index is 9.54. The van der Waals surface area contributed by atoms with Crippen LogP contribution in [0.4, 0.5) is 0 Å². The van der Waals surface area contributed by atoms with Gasteiger partial charge in [-0.05, 0) is 12.3 Å². The molecule has 2 heteroatoms. The molecule has 1 radical (unpaired) electrons. The van der Waals surface area contributed by atoms with Crippen molar-refractivity contribution in [1.82, 2.24) is 0 Å². The number of hydrogen-bond acceptors (Lipinski definition) is 2. The van der Waals surface area contributed by atoms with E-state index in [0.717, 1.165) is 6.42 Å². The Bertz CT molecular complexity index is 88.9. The van der Waals surface area contributed by atoms with Crippen LogP contribution in [0.2, 0.25) is 0 Å². The Morgan fingerprint density at radius 3 is 3.00 bits per heavy atom. The average molecular weight is 127 g/mol. The molecule has 1 unspecified atom stereocenters. The third-order valence-corrected chi connectivity index (χ3v) is 0.996. The largest absolute Gasteiger partial charge is 0.457 e. The minimum absolute atomic E-state index is 0.365. The summed E-state index contributed by atoms with van der Waals surface area (Å²) in [5.74, 6) is 0.365. The Balaban J connectivity index is 3.14. The summed E-state index contributed by atoms with van der Waals surface area (Å²) in [6.07, 6.45) is 2.68. The highest BCUT2D eigenvalue weighted by atomic mass is 16.5. The molecule has 0 spiro atoms. The van der Waals surface area contributed by atoms with Gasteiger partial charge in [0.05, 0.1) is 6.61 Å². The summed E-state index contributed by atoms with van der Waals surface area (Å²) in [6, 6.07) is 0. The van der Waals surface area contributed by atoms with Crippen molar-refractivity contribution < 1.29 is 9.53 Å². The van der Waals surface area contributed by atoms with Gasteiger partial charge < -0.3 is 4.74 Å². The van der Waals surface area contributed by atoms with Crippen molar-refractivity contribution in [2.75, 3.05) is 6.61 Å². The first kappa shape index (κ1) is 8.21. The quantitative estimate of drug-likeness (QED) is 0.520. The van der Waals surface area contributed by atoms with Crippen molar-refractivity contribution in [3.05, 3.63) is 12.7 Å². The van der Waals surface area contributed by atoms with Crippen LogP contribution in [0.3, 0.4) is 0 Å². The van der Waals surface area contributed by atoms with Crippen molar-refractivity contribution in [2.45, 2.75) is 13.3 Å². The van der Waals surface area contributed by atoms with E-state index in [2.05, 4.69) is 11.3 Å². The molecule has 0 N–H and O–H groups in total. The van der Waals surface area contributed by atoms with Crippen LogP contribution >= 0.6 is 0 Å². The molecule has 0 saturated heterocycles. The zero-order valence-corrected chi connectivity index (χ0v) is 5.59. The minimum Gasteiger partial charge on any atom is -0.457 e. The van der Waals surface area contributed by atoms with E-state index in [1.165, 1.54) is 6.47 Å². The van der Waals surface area contributed by atoms with Crippen LogP contribution in [0.1, 0.15) is 13.3 Å². The molecule has 51 valence electrons. The molecule has 0 aliphatic carbocycles. The molecule has 2 nitrogen and oxygen atoms in total. The SMILES string of the molecule is C=CCC(C)CO[C]=O. The molecule has 0 aromatic heterocycles. The number of hydrogen-bond donors (Lipinski definition) is 0. The van der Waals surface area contributed by atoms with E-state index in [9.17, 15) is 4.79 Å². The fourth-order valence-electron chi connectivity index (χ4n) is 0.529. The summed E-state index contributed by atoms with van der Waals surface area (Å²) in [6.45, 7) is 7.35. The molecule has 1 atom stereocenters. The zero-order chi connectivity index (χ0) is 7.11. The van der Waals surface area contributed by atoms with Crippen LogP contribution in [-0.2, 0) is 9.53 Å². The van der Waals surface area contributed by atoms with Gasteiger partial charge in [-0.15, -0.1) is 6.58 Å². The number of carbonyl (C=O) groups excluding carboxylic acids is 1. The molecular formula is C7H11O2. The van der Waals surface area contributed by atoms with E-state index < -0.39 is 0 Å². The van der Waals surface area contributed by atoms with E-state index in [1.807, 2.05) is 6.92 Å². The molecule has 0 saturated carbocycles. The topological polar surface area (TPSA) is 26.3 Å². The second-order valence-electron chi connectivity index (χ2n) is 2.02. The van der Waals surface area contributed by atoms with E-state index in [4.69, 9.17) is 0 Å². The first-order valence-corrected chi connectivity index (χ1v) is 2.91. The second kappa shape index (κ2) is 5.35. The Labute approximate surface area is 55.5 Å². The fourth-order valence-corrected chi connectivity index (χ4v) is 0.529. The predicted molar refractivity (Wildman–Crippen MR) is 35.6 cm³/mol. The van der Waals surface area contributed by atoms with Gasteiger partial charge in [0.15, 0.2) is 0 Å². The van der Waals surface area contributed by atoms with Crippen molar-refractivity contribution in [3.8, 4) is 0 Å². The summed E-state index contributed by atoms with van der Waals surface area (Å²) in [5, 5.41) is 0. The first-order valence-electron chi connectivity index (χ1n) is 2.91. The summed E-state index contributed by atoms with van der Waals surface area (Å²) < 4.78 is 4.39. The van der Waals surface area contributed by atoms with Crippen LogP contribution in [0.25, 0.3) is 0 Å². The molecular weight excluding hydrogens is 116 g/mol. The number of ether oxygens (including phenoxy) is 1. The predicted octanol–water partition coefficient (Wildman–Crippen LogP) is 1.28.